The summed E-state index contributed by atoms with van der Waals surface area (Å²) in [6.07, 6.45) is 3.77. The van der Waals surface area contributed by atoms with Gasteiger partial charge in [0, 0.05) is 51.2 Å². The molecule has 4 rings (SSSR count). The van der Waals surface area contributed by atoms with Crippen molar-refractivity contribution in [2.45, 2.75) is 25.3 Å². The van der Waals surface area contributed by atoms with Crippen molar-refractivity contribution in [2.24, 2.45) is 0 Å². The lowest BCUT2D eigenvalue weighted by molar-refractivity contribution is -0.0503. The van der Waals surface area contributed by atoms with Gasteiger partial charge in [0.05, 0.1) is 25.4 Å². The second-order valence-electron chi connectivity index (χ2n) is 7.15. The number of hydrogen-bond acceptors (Lipinski definition) is 5. The van der Waals surface area contributed by atoms with Crippen molar-refractivity contribution in [1.29, 1.82) is 0 Å². The Labute approximate surface area is 159 Å². The van der Waals surface area contributed by atoms with E-state index in [9.17, 15) is 4.79 Å². The molecule has 2 aromatic rings. The lowest BCUT2D eigenvalue weighted by Gasteiger charge is -2.36. The van der Waals surface area contributed by atoms with Crippen molar-refractivity contribution < 1.29 is 14.3 Å². The molecule has 0 radical (unpaired) electrons. The summed E-state index contributed by atoms with van der Waals surface area (Å²) in [5.74, 6) is 0.0679. The van der Waals surface area contributed by atoms with E-state index in [2.05, 4.69) is 16.0 Å². The van der Waals surface area contributed by atoms with E-state index in [0.717, 1.165) is 18.7 Å². The van der Waals surface area contributed by atoms with Gasteiger partial charge in [0.2, 0.25) is 0 Å². The first kappa shape index (κ1) is 18.1. The molecule has 6 nitrogen and oxygen atoms in total. The predicted octanol–water partition coefficient (Wildman–Crippen LogP) is 1.95. The summed E-state index contributed by atoms with van der Waals surface area (Å²) in [4.78, 5) is 21.5. The van der Waals surface area contributed by atoms with Crippen LogP contribution >= 0.6 is 0 Å². The van der Waals surface area contributed by atoms with E-state index in [1.165, 1.54) is 5.56 Å². The number of hydrogen-bond donors (Lipinski definition) is 0. The number of likely N-dealkylation sites (tertiary alicyclic amines) is 1. The van der Waals surface area contributed by atoms with Gasteiger partial charge >= 0.3 is 0 Å². The highest BCUT2D eigenvalue weighted by molar-refractivity contribution is 5.94. The molecule has 1 amide bonds. The summed E-state index contributed by atoms with van der Waals surface area (Å²) in [5.41, 5.74) is 2.97. The van der Waals surface area contributed by atoms with Gasteiger partial charge in [-0.05, 0) is 29.3 Å². The standard InChI is InChI=1S/C21H25N3O3/c1-26-15-16-4-6-18(7-5-16)21(25)24-13-19-20(14-24)27-10-9-23(19)12-17-3-2-8-22-11-17/h2-8,11,19-20H,9-10,12-15H2,1H3/t19-,20+/m1/s1. The molecular weight excluding hydrogens is 342 g/mol. The predicted molar refractivity (Wildman–Crippen MR) is 101 cm³/mol. The van der Waals surface area contributed by atoms with Crippen LogP contribution in [0.3, 0.4) is 0 Å². The lowest BCUT2D eigenvalue weighted by Crippen LogP contribution is -2.50. The van der Waals surface area contributed by atoms with E-state index in [0.29, 0.717) is 31.9 Å². The van der Waals surface area contributed by atoms with Gasteiger partial charge < -0.3 is 14.4 Å². The van der Waals surface area contributed by atoms with Crippen LogP contribution in [-0.4, -0.2) is 66.2 Å². The van der Waals surface area contributed by atoms with Crippen LogP contribution in [-0.2, 0) is 22.6 Å². The van der Waals surface area contributed by atoms with Crippen molar-refractivity contribution in [3.8, 4) is 0 Å². The van der Waals surface area contributed by atoms with E-state index in [4.69, 9.17) is 9.47 Å². The summed E-state index contributed by atoms with van der Waals surface area (Å²) in [6.45, 7) is 4.32. The van der Waals surface area contributed by atoms with Crippen LogP contribution in [0.2, 0.25) is 0 Å². The molecular formula is C21H25N3O3. The minimum Gasteiger partial charge on any atom is -0.380 e. The van der Waals surface area contributed by atoms with E-state index in [1.807, 2.05) is 41.4 Å². The van der Waals surface area contributed by atoms with Crippen molar-refractivity contribution in [2.75, 3.05) is 33.4 Å². The van der Waals surface area contributed by atoms with Gasteiger partial charge in [0.1, 0.15) is 0 Å². The maximum Gasteiger partial charge on any atom is 0.253 e. The number of aromatic nitrogens is 1. The number of ether oxygens (including phenoxy) is 2. The summed E-state index contributed by atoms with van der Waals surface area (Å²) < 4.78 is 11.1. The first-order valence-corrected chi connectivity index (χ1v) is 9.36. The number of rotatable bonds is 5. The second-order valence-corrected chi connectivity index (χ2v) is 7.15. The first-order valence-electron chi connectivity index (χ1n) is 9.36. The van der Waals surface area contributed by atoms with Crippen LogP contribution in [0.25, 0.3) is 0 Å². The van der Waals surface area contributed by atoms with Gasteiger partial charge in [-0.15, -0.1) is 0 Å². The molecule has 0 aliphatic carbocycles. The van der Waals surface area contributed by atoms with Crippen LogP contribution in [0.4, 0.5) is 0 Å². The zero-order chi connectivity index (χ0) is 18.6. The number of pyridine rings is 1. The van der Waals surface area contributed by atoms with E-state index < -0.39 is 0 Å². The average molecular weight is 367 g/mol. The topological polar surface area (TPSA) is 54.9 Å². The number of fused-ring (bicyclic) bond motifs is 1. The minimum atomic E-state index is 0.0679. The van der Waals surface area contributed by atoms with Gasteiger partial charge in [0.15, 0.2) is 0 Å². The maximum absolute atomic E-state index is 12.9. The van der Waals surface area contributed by atoms with Crippen molar-refractivity contribution in [3.63, 3.8) is 0 Å². The fourth-order valence-corrected chi connectivity index (χ4v) is 3.94. The summed E-state index contributed by atoms with van der Waals surface area (Å²) in [5, 5.41) is 0. The molecule has 2 aliphatic rings. The largest absolute Gasteiger partial charge is 0.380 e. The number of carbonyl (C=O) groups is 1. The molecule has 0 spiro atoms. The Bertz CT molecular complexity index is 766. The SMILES string of the molecule is COCc1ccc(C(=O)N2C[C@@H]3OCCN(Cc4cccnc4)[C@@H]3C2)cc1. The van der Waals surface area contributed by atoms with Crippen LogP contribution in [0.15, 0.2) is 48.8 Å². The van der Waals surface area contributed by atoms with Crippen LogP contribution in [0.5, 0.6) is 0 Å². The Morgan fingerprint density at radius 2 is 2.07 bits per heavy atom. The van der Waals surface area contributed by atoms with Gasteiger partial charge in [-0.1, -0.05) is 18.2 Å². The van der Waals surface area contributed by atoms with Crippen molar-refractivity contribution in [1.82, 2.24) is 14.8 Å². The van der Waals surface area contributed by atoms with Crippen LogP contribution in [0, 0.1) is 0 Å². The molecule has 1 aromatic carbocycles. The monoisotopic (exact) mass is 367 g/mol. The molecule has 1 aromatic heterocycles. The third kappa shape index (κ3) is 4.03. The summed E-state index contributed by atoms with van der Waals surface area (Å²) in [6, 6.07) is 12.0. The molecule has 0 N–H and O–H groups in total. The third-order valence-electron chi connectivity index (χ3n) is 5.32. The number of methoxy groups -OCH3 is 1. The summed E-state index contributed by atoms with van der Waals surface area (Å²) >= 11 is 0. The lowest BCUT2D eigenvalue weighted by atomic mass is 10.1. The van der Waals surface area contributed by atoms with Gasteiger partial charge in [-0.2, -0.15) is 0 Å². The highest BCUT2D eigenvalue weighted by Crippen LogP contribution is 2.25. The smallest absolute Gasteiger partial charge is 0.253 e. The highest BCUT2D eigenvalue weighted by atomic mass is 16.5. The number of morpholine rings is 1. The number of benzene rings is 1. The van der Waals surface area contributed by atoms with Crippen molar-refractivity contribution >= 4 is 5.91 Å². The zero-order valence-corrected chi connectivity index (χ0v) is 15.6. The Hall–Kier alpha value is -2.28. The minimum absolute atomic E-state index is 0.0679. The van der Waals surface area contributed by atoms with Crippen LogP contribution < -0.4 is 0 Å². The van der Waals surface area contributed by atoms with Gasteiger partial charge in [-0.25, -0.2) is 0 Å². The number of carbonyl (C=O) groups excluding carboxylic acids is 1. The fraction of sp³-hybridized carbons (Fsp3) is 0.429. The first-order chi connectivity index (χ1) is 13.2. The fourth-order valence-electron chi connectivity index (χ4n) is 3.94. The number of nitrogens with zero attached hydrogens (tertiary/aromatic N) is 3. The second kappa shape index (κ2) is 8.17. The van der Waals surface area contributed by atoms with E-state index in [1.54, 1.807) is 13.3 Å². The normalized spacial score (nSPS) is 22.6. The van der Waals surface area contributed by atoms with E-state index >= 15 is 0 Å². The molecule has 6 heteroatoms. The zero-order valence-electron chi connectivity index (χ0n) is 15.6. The average Bonchev–Trinajstić information content (AvgIpc) is 3.14. The molecule has 0 unspecified atom stereocenters. The van der Waals surface area contributed by atoms with E-state index in [-0.39, 0.29) is 18.1 Å². The molecule has 27 heavy (non-hydrogen) atoms. The highest BCUT2D eigenvalue weighted by Gasteiger charge is 2.41. The molecule has 2 saturated heterocycles. The van der Waals surface area contributed by atoms with Gasteiger partial charge in [-0.3, -0.25) is 14.7 Å². The Balaban J connectivity index is 1.43. The molecule has 0 bridgehead atoms. The Kier molecular flexibility index (Phi) is 5.48. The quantitative estimate of drug-likeness (QED) is 0.809. The molecule has 3 heterocycles. The molecule has 0 saturated carbocycles. The number of amides is 1. The molecule has 142 valence electrons. The maximum atomic E-state index is 12.9. The molecule has 2 atom stereocenters. The third-order valence-corrected chi connectivity index (χ3v) is 5.32. The van der Waals surface area contributed by atoms with Crippen LogP contribution in [0.1, 0.15) is 21.5 Å². The van der Waals surface area contributed by atoms with Crippen molar-refractivity contribution in [3.05, 3.63) is 65.5 Å². The molecule has 2 aliphatic heterocycles. The Morgan fingerprint density at radius 3 is 2.81 bits per heavy atom. The van der Waals surface area contributed by atoms with Gasteiger partial charge in [0.25, 0.3) is 5.91 Å². The molecule has 2 fully saturated rings. The summed E-state index contributed by atoms with van der Waals surface area (Å²) in [7, 11) is 1.67. The Morgan fingerprint density at radius 1 is 1.22 bits per heavy atom.